The predicted octanol–water partition coefficient (Wildman–Crippen LogP) is 5.30. The Morgan fingerprint density at radius 1 is 1.15 bits per heavy atom. The lowest BCUT2D eigenvalue weighted by Gasteiger charge is -2.23. The van der Waals surface area contributed by atoms with Gasteiger partial charge in [0.1, 0.15) is 0 Å². The zero-order valence-corrected chi connectivity index (χ0v) is 13.5. The van der Waals surface area contributed by atoms with Crippen LogP contribution in [0.15, 0.2) is 36.4 Å². The Kier molecular flexibility index (Phi) is 5.09. The lowest BCUT2D eigenvalue weighted by molar-refractivity contribution is 0.266. The van der Waals surface area contributed by atoms with E-state index in [0.717, 1.165) is 23.2 Å². The minimum atomic E-state index is 0.466. The summed E-state index contributed by atoms with van der Waals surface area (Å²) in [6.45, 7) is 5.15. The summed E-state index contributed by atoms with van der Waals surface area (Å²) in [7, 11) is 2.10. The molecule has 0 aliphatic carbocycles. The van der Waals surface area contributed by atoms with Crippen molar-refractivity contribution in [2.75, 3.05) is 7.05 Å². The van der Waals surface area contributed by atoms with Crippen molar-refractivity contribution in [1.29, 1.82) is 0 Å². The third-order valence-corrected chi connectivity index (χ3v) is 4.24. The van der Waals surface area contributed by atoms with Crippen molar-refractivity contribution in [2.24, 2.45) is 0 Å². The SMILES string of the molecule is CC(C)N(C)Cc1c[c]c(Cl)c(Cl)c1-c1ccccc1. The third-order valence-electron chi connectivity index (χ3n) is 3.47. The van der Waals surface area contributed by atoms with Crippen LogP contribution in [0.5, 0.6) is 0 Å². The van der Waals surface area contributed by atoms with Crippen molar-refractivity contribution in [3.8, 4) is 11.1 Å². The first kappa shape index (κ1) is 15.4. The second kappa shape index (κ2) is 6.62. The summed E-state index contributed by atoms with van der Waals surface area (Å²) in [6, 6.07) is 15.5. The van der Waals surface area contributed by atoms with Crippen LogP contribution in [0, 0.1) is 6.07 Å². The molecule has 1 radical (unpaired) electrons. The zero-order chi connectivity index (χ0) is 14.7. The van der Waals surface area contributed by atoms with E-state index in [4.69, 9.17) is 23.2 Å². The highest BCUT2D eigenvalue weighted by molar-refractivity contribution is 6.43. The second-order valence-electron chi connectivity index (χ2n) is 5.19. The average Bonchev–Trinajstić information content (AvgIpc) is 2.44. The van der Waals surface area contributed by atoms with Crippen LogP contribution >= 0.6 is 23.2 Å². The quantitative estimate of drug-likeness (QED) is 0.741. The van der Waals surface area contributed by atoms with Crippen molar-refractivity contribution in [2.45, 2.75) is 26.4 Å². The van der Waals surface area contributed by atoms with E-state index in [2.05, 4.69) is 44.0 Å². The number of rotatable bonds is 4. The molecule has 0 aromatic heterocycles. The lowest BCUT2D eigenvalue weighted by atomic mass is 9.99. The van der Waals surface area contributed by atoms with E-state index in [1.54, 1.807) is 0 Å². The number of nitrogens with zero attached hydrogens (tertiary/aromatic N) is 1. The maximum absolute atomic E-state index is 6.41. The van der Waals surface area contributed by atoms with Crippen LogP contribution in [0.2, 0.25) is 10.0 Å². The van der Waals surface area contributed by atoms with Gasteiger partial charge in [0, 0.05) is 24.2 Å². The minimum absolute atomic E-state index is 0.466. The zero-order valence-electron chi connectivity index (χ0n) is 12.0. The molecule has 105 valence electrons. The summed E-state index contributed by atoms with van der Waals surface area (Å²) in [6.07, 6.45) is 0. The van der Waals surface area contributed by atoms with Crippen LogP contribution in [0.3, 0.4) is 0 Å². The van der Waals surface area contributed by atoms with E-state index in [1.165, 1.54) is 0 Å². The highest BCUT2D eigenvalue weighted by Crippen LogP contribution is 2.36. The normalized spacial score (nSPS) is 11.3. The Morgan fingerprint density at radius 3 is 2.40 bits per heavy atom. The standard InChI is InChI=1S/C17H18Cl2N/c1-12(2)20(3)11-14-9-10-15(18)17(19)16(14)13-7-5-4-6-8-13/h4-9,12H,11H2,1-3H3. The van der Waals surface area contributed by atoms with Gasteiger partial charge >= 0.3 is 0 Å². The molecular weight excluding hydrogens is 289 g/mol. The minimum Gasteiger partial charge on any atom is -0.300 e. The van der Waals surface area contributed by atoms with Crippen molar-refractivity contribution < 1.29 is 0 Å². The van der Waals surface area contributed by atoms with E-state index < -0.39 is 0 Å². The average molecular weight is 307 g/mol. The first-order chi connectivity index (χ1) is 9.50. The molecule has 1 nitrogen and oxygen atoms in total. The fraction of sp³-hybridized carbons (Fsp3) is 0.294. The van der Waals surface area contributed by atoms with E-state index in [-0.39, 0.29) is 0 Å². The summed E-state index contributed by atoms with van der Waals surface area (Å²) in [5.74, 6) is 0. The molecule has 0 amide bonds. The Hall–Kier alpha value is -1.02. The van der Waals surface area contributed by atoms with Crippen LogP contribution in [0.1, 0.15) is 19.4 Å². The first-order valence-corrected chi connectivity index (χ1v) is 7.40. The molecule has 0 saturated carbocycles. The molecule has 3 heteroatoms. The Labute approximate surface area is 131 Å². The predicted molar refractivity (Wildman–Crippen MR) is 87.3 cm³/mol. The molecule has 2 aromatic rings. The summed E-state index contributed by atoms with van der Waals surface area (Å²) in [5.41, 5.74) is 3.23. The number of benzene rings is 2. The summed E-state index contributed by atoms with van der Waals surface area (Å²) < 4.78 is 0. The monoisotopic (exact) mass is 306 g/mol. The van der Waals surface area contributed by atoms with Gasteiger partial charge in [0.2, 0.25) is 0 Å². The topological polar surface area (TPSA) is 3.24 Å². The van der Waals surface area contributed by atoms with E-state index in [9.17, 15) is 0 Å². The van der Waals surface area contributed by atoms with Gasteiger partial charge in [-0.15, -0.1) is 0 Å². The van der Waals surface area contributed by atoms with Crippen LogP contribution < -0.4 is 0 Å². The van der Waals surface area contributed by atoms with Crippen LogP contribution in [0.25, 0.3) is 11.1 Å². The van der Waals surface area contributed by atoms with Gasteiger partial charge in [-0.25, -0.2) is 0 Å². The van der Waals surface area contributed by atoms with Crippen LogP contribution in [-0.2, 0) is 6.54 Å². The van der Waals surface area contributed by atoms with Gasteiger partial charge in [-0.2, -0.15) is 0 Å². The van der Waals surface area contributed by atoms with E-state index >= 15 is 0 Å². The van der Waals surface area contributed by atoms with E-state index in [1.807, 2.05) is 24.3 Å². The molecule has 0 aliphatic heterocycles. The molecule has 2 aromatic carbocycles. The van der Waals surface area contributed by atoms with Gasteiger partial charge in [-0.1, -0.05) is 53.5 Å². The molecule has 0 atom stereocenters. The van der Waals surface area contributed by atoms with Gasteiger partial charge in [0.05, 0.1) is 10.0 Å². The van der Waals surface area contributed by atoms with Crippen LogP contribution in [0.4, 0.5) is 0 Å². The van der Waals surface area contributed by atoms with E-state index in [0.29, 0.717) is 16.1 Å². The van der Waals surface area contributed by atoms with Crippen molar-refractivity contribution in [1.82, 2.24) is 4.90 Å². The van der Waals surface area contributed by atoms with Gasteiger partial charge in [-0.05, 0) is 38.1 Å². The fourth-order valence-corrected chi connectivity index (χ4v) is 2.46. The molecule has 0 saturated heterocycles. The fourth-order valence-electron chi connectivity index (χ4n) is 2.03. The Morgan fingerprint density at radius 2 is 1.80 bits per heavy atom. The maximum atomic E-state index is 6.41. The molecule has 0 spiro atoms. The third kappa shape index (κ3) is 3.35. The van der Waals surface area contributed by atoms with Gasteiger partial charge in [0.15, 0.2) is 0 Å². The molecule has 0 heterocycles. The summed E-state index contributed by atoms with van der Waals surface area (Å²) in [4.78, 5) is 2.26. The van der Waals surface area contributed by atoms with Gasteiger partial charge < -0.3 is 0 Å². The molecule has 0 unspecified atom stereocenters. The summed E-state index contributed by atoms with van der Waals surface area (Å²) >= 11 is 12.5. The number of halogens is 2. The largest absolute Gasteiger partial charge is 0.300 e. The molecule has 2 rings (SSSR count). The lowest BCUT2D eigenvalue weighted by Crippen LogP contribution is -2.25. The molecular formula is C17H18Cl2N. The number of hydrogen-bond donors (Lipinski definition) is 0. The molecule has 0 bridgehead atoms. The second-order valence-corrected chi connectivity index (χ2v) is 5.95. The Bertz CT molecular complexity index is 579. The highest BCUT2D eigenvalue weighted by Gasteiger charge is 2.15. The van der Waals surface area contributed by atoms with Crippen molar-refractivity contribution >= 4 is 23.2 Å². The number of hydrogen-bond acceptors (Lipinski definition) is 1. The molecule has 0 N–H and O–H groups in total. The summed E-state index contributed by atoms with van der Waals surface area (Å²) in [5, 5.41) is 1.05. The van der Waals surface area contributed by atoms with Crippen LogP contribution in [-0.4, -0.2) is 18.0 Å². The van der Waals surface area contributed by atoms with Gasteiger partial charge in [0.25, 0.3) is 0 Å². The molecule has 0 aliphatic rings. The molecule has 0 fully saturated rings. The highest BCUT2D eigenvalue weighted by atomic mass is 35.5. The maximum Gasteiger partial charge on any atom is 0.0680 e. The van der Waals surface area contributed by atoms with Gasteiger partial charge in [-0.3, -0.25) is 4.90 Å². The first-order valence-electron chi connectivity index (χ1n) is 6.65. The van der Waals surface area contributed by atoms with Crippen molar-refractivity contribution in [3.63, 3.8) is 0 Å². The Balaban J connectivity index is 2.50. The molecule has 20 heavy (non-hydrogen) atoms. The van der Waals surface area contributed by atoms with Crippen molar-refractivity contribution in [3.05, 3.63) is 58.1 Å². The smallest absolute Gasteiger partial charge is 0.0680 e.